The molecule has 0 spiro atoms. The van der Waals surface area contributed by atoms with Crippen LogP contribution in [0.25, 0.3) is 5.69 Å². The van der Waals surface area contributed by atoms with Gasteiger partial charge < -0.3 is 5.73 Å². The van der Waals surface area contributed by atoms with Crippen molar-refractivity contribution in [2.75, 3.05) is 5.73 Å². The van der Waals surface area contributed by atoms with E-state index in [1.54, 1.807) is 26.8 Å². The average molecular weight is 278 g/mol. The van der Waals surface area contributed by atoms with E-state index in [9.17, 15) is 14.5 Å². The molecule has 2 N–H and O–H groups in total. The van der Waals surface area contributed by atoms with Gasteiger partial charge in [0.1, 0.15) is 17.2 Å². The summed E-state index contributed by atoms with van der Waals surface area (Å²) >= 11 is 0. The van der Waals surface area contributed by atoms with Crippen molar-refractivity contribution in [3.05, 3.63) is 45.9 Å². The Labute approximate surface area is 115 Å². The van der Waals surface area contributed by atoms with Gasteiger partial charge in [-0.1, -0.05) is 32.9 Å². The number of nitro groups is 1. The highest BCUT2D eigenvalue weighted by molar-refractivity contribution is 5.61. The summed E-state index contributed by atoms with van der Waals surface area (Å²) in [6.45, 7) is 5.36. The fraction of sp³-hybridized carbons (Fsp3) is 0.308. The Balaban J connectivity index is 2.75. The van der Waals surface area contributed by atoms with Crippen molar-refractivity contribution in [3.63, 3.8) is 0 Å². The molecule has 20 heavy (non-hydrogen) atoms. The lowest BCUT2D eigenvalue weighted by Crippen LogP contribution is -2.14. The fourth-order valence-electron chi connectivity index (χ4n) is 1.92. The molecule has 2 rings (SSSR count). The molecule has 106 valence electrons. The van der Waals surface area contributed by atoms with E-state index in [2.05, 4.69) is 5.10 Å². The minimum absolute atomic E-state index is 0.0867. The van der Waals surface area contributed by atoms with Gasteiger partial charge in [0.25, 0.3) is 0 Å². The lowest BCUT2D eigenvalue weighted by molar-refractivity contribution is -0.385. The van der Waals surface area contributed by atoms with Crippen molar-refractivity contribution in [2.45, 2.75) is 26.2 Å². The van der Waals surface area contributed by atoms with Gasteiger partial charge in [0.05, 0.1) is 4.92 Å². The minimum atomic E-state index is -0.583. The second kappa shape index (κ2) is 4.59. The molecule has 1 heterocycles. The van der Waals surface area contributed by atoms with Gasteiger partial charge in [-0.05, 0) is 12.1 Å². The van der Waals surface area contributed by atoms with Crippen molar-refractivity contribution in [2.24, 2.45) is 0 Å². The summed E-state index contributed by atoms with van der Waals surface area (Å²) in [5.41, 5.74) is 5.25. The van der Waals surface area contributed by atoms with Crippen LogP contribution in [0.5, 0.6) is 0 Å². The zero-order chi connectivity index (χ0) is 15.1. The summed E-state index contributed by atoms with van der Waals surface area (Å²) in [4.78, 5) is 10.6. The number of nitrogens with zero attached hydrogens (tertiary/aromatic N) is 3. The monoisotopic (exact) mass is 278 g/mol. The van der Waals surface area contributed by atoms with E-state index in [1.165, 1.54) is 18.2 Å². The highest BCUT2D eigenvalue weighted by Crippen LogP contribution is 2.36. The quantitative estimate of drug-likeness (QED) is 0.676. The van der Waals surface area contributed by atoms with E-state index < -0.39 is 16.2 Å². The maximum Gasteiger partial charge on any atom is 0.334 e. The third kappa shape index (κ3) is 2.22. The number of hydrogen-bond acceptors (Lipinski definition) is 4. The zero-order valence-corrected chi connectivity index (χ0v) is 11.4. The predicted octanol–water partition coefficient (Wildman–Crippen LogP) is 2.80. The summed E-state index contributed by atoms with van der Waals surface area (Å²) in [6, 6.07) is 5.85. The second-order valence-corrected chi connectivity index (χ2v) is 5.45. The predicted molar refractivity (Wildman–Crippen MR) is 73.3 cm³/mol. The molecule has 0 aliphatic rings. The van der Waals surface area contributed by atoms with Crippen molar-refractivity contribution in [3.8, 4) is 5.69 Å². The molecule has 0 aliphatic carbocycles. The first-order valence-electron chi connectivity index (χ1n) is 6.01. The first-order valence-corrected chi connectivity index (χ1v) is 6.01. The summed E-state index contributed by atoms with van der Waals surface area (Å²) in [5.74, 6) is -0.720. The molecule has 0 bridgehead atoms. The Morgan fingerprint density at radius 2 is 1.95 bits per heavy atom. The van der Waals surface area contributed by atoms with Crippen LogP contribution < -0.4 is 5.73 Å². The Hall–Kier alpha value is -2.44. The molecule has 6 nitrogen and oxygen atoms in total. The third-order valence-corrected chi connectivity index (χ3v) is 2.87. The number of hydrogen-bond donors (Lipinski definition) is 1. The standard InChI is InChI=1S/C13H15FN4O2/c1-13(2,3)11-10(18(19)20)12(15)17(16-11)9-7-5-4-6-8(9)14/h4-7H,15H2,1-3H3. The van der Waals surface area contributed by atoms with E-state index in [4.69, 9.17) is 5.73 Å². The third-order valence-electron chi connectivity index (χ3n) is 2.87. The number of rotatable bonds is 2. The Kier molecular flexibility index (Phi) is 3.21. The molecule has 0 amide bonds. The Morgan fingerprint density at radius 3 is 2.40 bits per heavy atom. The normalized spacial score (nSPS) is 11.6. The van der Waals surface area contributed by atoms with Crippen molar-refractivity contribution < 1.29 is 9.31 Å². The Bertz CT molecular complexity index is 673. The van der Waals surface area contributed by atoms with Crippen LogP contribution in [0.2, 0.25) is 0 Å². The van der Waals surface area contributed by atoms with E-state index in [0.717, 1.165) is 4.68 Å². The van der Waals surface area contributed by atoms with E-state index >= 15 is 0 Å². The largest absolute Gasteiger partial charge is 0.378 e. The molecule has 0 radical (unpaired) electrons. The van der Waals surface area contributed by atoms with Crippen LogP contribution >= 0.6 is 0 Å². The molecular weight excluding hydrogens is 263 g/mol. The van der Waals surface area contributed by atoms with Crippen molar-refractivity contribution >= 4 is 11.5 Å². The maximum atomic E-state index is 13.8. The summed E-state index contributed by atoms with van der Waals surface area (Å²) < 4.78 is 14.9. The molecule has 0 fully saturated rings. The number of anilines is 1. The number of para-hydroxylation sites is 1. The van der Waals surface area contributed by atoms with Gasteiger partial charge >= 0.3 is 5.69 Å². The number of nitrogens with two attached hydrogens (primary N) is 1. The molecule has 0 saturated carbocycles. The molecular formula is C13H15FN4O2. The summed E-state index contributed by atoms with van der Waals surface area (Å²) in [5, 5.41) is 15.3. The van der Waals surface area contributed by atoms with E-state index in [0.29, 0.717) is 0 Å². The van der Waals surface area contributed by atoms with Gasteiger partial charge in [0.2, 0.25) is 5.82 Å². The van der Waals surface area contributed by atoms with Crippen LogP contribution in [0.4, 0.5) is 15.9 Å². The summed E-state index contributed by atoms with van der Waals surface area (Å²) in [7, 11) is 0. The van der Waals surface area contributed by atoms with Gasteiger partial charge in [-0.2, -0.15) is 5.10 Å². The highest BCUT2D eigenvalue weighted by atomic mass is 19.1. The lowest BCUT2D eigenvalue weighted by atomic mass is 9.91. The maximum absolute atomic E-state index is 13.8. The smallest absolute Gasteiger partial charge is 0.334 e. The van der Waals surface area contributed by atoms with Crippen LogP contribution in [0.15, 0.2) is 24.3 Å². The molecule has 0 saturated heterocycles. The van der Waals surface area contributed by atoms with E-state index in [-0.39, 0.29) is 22.9 Å². The van der Waals surface area contributed by atoms with Crippen LogP contribution in [0.1, 0.15) is 26.5 Å². The van der Waals surface area contributed by atoms with E-state index in [1.807, 2.05) is 0 Å². The SMILES string of the molecule is CC(C)(C)c1nn(-c2ccccc2F)c(N)c1[N+](=O)[O-]. The molecule has 0 aliphatic heterocycles. The number of benzene rings is 1. The molecule has 1 aromatic heterocycles. The van der Waals surface area contributed by atoms with Crippen LogP contribution in [0, 0.1) is 15.9 Å². The first-order chi connectivity index (χ1) is 9.23. The highest BCUT2D eigenvalue weighted by Gasteiger charge is 2.34. The zero-order valence-electron chi connectivity index (χ0n) is 11.4. The Morgan fingerprint density at radius 1 is 1.35 bits per heavy atom. The van der Waals surface area contributed by atoms with Gasteiger partial charge in [0.15, 0.2) is 0 Å². The topological polar surface area (TPSA) is 87.0 Å². The van der Waals surface area contributed by atoms with Crippen LogP contribution in [-0.2, 0) is 5.41 Å². The van der Waals surface area contributed by atoms with Crippen LogP contribution in [-0.4, -0.2) is 14.7 Å². The molecule has 0 atom stereocenters. The average Bonchev–Trinajstić information content (AvgIpc) is 2.67. The van der Waals surface area contributed by atoms with Gasteiger partial charge in [0, 0.05) is 5.41 Å². The fourth-order valence-corrected chi connectivity index (χ4v) is 1.92. The molecule has 2 aromatic rings. The number of nitrogen functional groups attached to an aromatic ring is 1. The van der Waals surface area contributed by atoms with Crippen molar-refractivity contribution in [1.82, 2.24) is 9.78 Å². The second-order valence-electron chi connectivity index (χ2n) is 5.45. The lowest BCUT2D eigenvalue weighted by Gasteiger charge is -2.13. The van der Waals surface area contributed by atoms with Gasteiger partial charge in [-0.3, -0.25) is 10.1 Å². The van der Waals surface area contributed by atoms with Crippen molar-refractivity contribution in [1.29, 1.82) is 0 Å². The van der Waals surface area contributed by atoms with Gasteiger partial charge in [-0.25, -0.2) is 9.07 Å². The molecule has 0 unspecified atom stereocenters. The van der Waals surface area contributed by atoms with Gasteiger partial charge in [-0.15, -0.1) is 0 Å². The first kappa shape index (κ1) is 14.0. The minimum Gasteiger partial charge on any atom is -0.378 e. The number of aromatic nitrogens is 2. The molecule has 1 aromatic carbocycles. The summed E-state index contributed by atoms with van der Waals surface area (Å²) in [6.07, 6.45) is 0. The van der Waals surface area contributed by atoms with Crippen LogP contribution in [0.3, 0.4) is 0 Å². The molecule has 7 heteroatoms. The number of halogens is 1.